The molecule has 2 aliphatic heterocycles. The second-order valence-electron chi connectivity index (χ2n) is 6.30. The molecule has 2 aromatic rings. The fourth-order valence-electron chi connectivity index (χ4n) is 3.53. The van der Waals surface area contributed by atoms with Crippen LogP contribution in [-0.2, 0) is 16.1 Å². The molecule has 3 atom stereocenters. The van der Waals surface area contributed by atoms with E-state index in [1.54, 1.807) is 18.6 Å². The Kier molecular flexibility index (Phi) is 4.67. The molecular formula is C18H20N4O3. The maximum absolute atomic E-state index is 12.8. The molecule has 1 amide bonds. The Morgan fingerprint density at radius 2 is 2.20 bits per heavy atom. The lowest BCUT2D eigenvalue weighted by atomic mass is 10.0. The number of carbonyl (C=O) groups excluding carboxylic acids is 1. The molecule has 7 heteroatoms. The molecule has 4 rings (SSSR count). The molecule has 7 nitrogen and oxygen atoms in total. The predicted molar refractivity (Wildman–Crippen MR) is 88.6 cm³/mol. The molecule has 0 bridgehead atoms. The molecule has 0 aliphatic carbocycles. The molecule has 130 valence electrons. The van der Waals surface area contributed by atoms with Crippen LogP contribution in [0.1, 0.15) is 28.9 Å². The summed E-state index contributed by atoms with van der Waals surface area (Å²) in [5, 5.41) is 0. The van der Waals surface area contributed by atoms with Crippen LogP contribution in [0, 0.1) is 0 Å². The lowest BCUT2D eigenvalue weighted by Gasteiger charge is -2.32. The minimum Gasteiger partial charge on any atom is -0.373 e. The van der Waals surface area contributed by atoms with Gasteiger partial charge in [0, 0.05) is 31.4 Å². The zero-order chi connectivity index (χ0) is 17.1. The molecule has 0 unspecified atom stereocenters. The summed E-state index contributed by atoms with van der Waals surface area (Å²) in [6, 6.07) is 3.89. The molecule has 0 N–H and O–H groups in total. The predicted octanol–water partition coefficient (Wildman–Crippen LogP) is 1.46. The van der Waals surface area contributed by atoms with E-state index >= 15 is 0 Å². The zero-order valence-corrected chi connectivity index (χ0v) is 13.8. The van der Waals surface area contributed by atoms with Crippen LogP contribution in [0.3, 0.4) is 0 Å². The Bertz CT molecular complexity index is 713. The first kappa shape index (κ1) is 16.1. The van der Waals surface area contributed by atoms with Crippen molar-refractivity contribution in [2.75, 3.05) is 13.2 Å². The van der Waals surface area contributed by atoms with Gasteiger partial charge in [-0.15, -0.1) is 0 Å². The molecule has 4 heterocycles. The first-order valence-corrected chi connectivity index (χ1v) is 8.52. The maximum atomic E-state index is 12.8. The smallest absolute Gasteiger partial charge is 0.274 e. The Morgan fingerprint density at radius 1 is 1.28 bits per heavy atom. The van der Waals surface area contributed by atoms with Crippen LogP contribution in [0.15, 0.2) is 43.1 Å². The third-order valence-corrected chi connectivity index (χ3v) is 4.71. The summed E-state index contributed by atoms with van der Waals surface area (Å²) in [7, 11) is 0. The molecule has 0 radical (unpaired) electrons. The van der Waals surface area contributed by atoms with Crippen LogP contribution in [0.2, 0.25) is 0 Å². The van der Waals surface area contributed by atoms with E-state index in [2.05, 4.69) is 15.0 Å². The van der Waals surface area contributed by atoms with Gasteiger partial charge in [0.25, 0.3) is 5.91 Å². The van der Waals surface area contributed by atoms with E-state index in [1.807, 2.05) is 17.0 Å². The van der Waals surface area contributed by atoms with Gasteiger partial charge in [-0.3, -0.25) is 14.8 Å². The first-order chi connectivity index (χ1) is 12.3. The highest BCUT2D eigenvalue weighted by Crippen LogP contribution is 2.32. The highest BCUT2D eigenvalue weighted by atomic mass is 16.5. The summed E-state index contributed by atoms with van der Waals surface area (Å²) >= 11 is 0. The van der Waals surface area contributed by atoms with Crippen molar-refractivity contribution in [3.8, 4) is 0 Å². The minimum absolute atomic E-state index is 0.0298. The molecule has 2 aromatic heterocycles. The van der Waals surface area contributed by atoms with Gasteiger partial charge in [-0.05, 0) is 24.5 Å². The van der Waals surface area contributed by atoms with Gasteiger partial charge in [-0.2, -0.15) is 0 Å². The summed E-state index contributed by atoms with van der Waals surface area (Å²) < 4.78 is 12.0. The number of nitrogens with zero attached hydrogens (tertiary/aromatic N) is 4. The number of hydrogen-bond donors (Lipinski definition) is 0. The largest absolute Gasteiger partial charge is 0.373 e. The Hall–Kier alpha value is -2.38. The normalized spacial score (nSPS) is 25.6. The number of ether oxygens (including phenoxy) is 2. The second-order valence-corrected chi connectivity index (χ2v) is 6.30. The summed E-state index contributed by atoms with van der Waals surface area (Å²) in [4.78, 5) is 26.9. The van der Waals surface area contributed by atoms with Crippen molar-refractivity contribution in [2.45, 2.75) is 37.7 Å². The summed E-state index contributed by atoms with van der Waals surface area (Å²) in [5.41, 5.74) is 1.37. The van der Waals surface area contributed by atoms with Gasteiger partial charge >= 0.3 is 0 Å². The number of amides is 1. The van der Waals surface area contributed by atoms with Gasteiger partial charge < -0.3 is 14.4 Å². The van der Waals surface area contributed by atoms with Gasteiger partial charge in [0.15, 0.2) is 0 Å². The van der Waals surface area contributed by atoms with Crippen molar-refractivity contribution in [1.82, 2.24) is 19.9 Å². The standard InChI is InChI=1S/C18H20N4O3/c23-18(14-10-20-6-7-21-14)22-11-16(17-15(22)4-2-8-24-17)25-12-13-3-1-5-19-9-13/h1,3,5-7,9-10,15-17H,2,4,8,11-12H2/t15-,16-,17+/m1/s1. The first-order valence-electron chi connectivity index (χ1n) is 8.52. The number of carbonyl (C=O) groups is 1. The van der Waals surface area contributed by atoms with E-state index in [0.717, 1.165) is 18.4 Å². The molecule has 0 saturated carbocycles. The third kappa shape index (κ3) is 3.38. The fourth-order valence-corrected chi connectivity index (χ4v) is 3.53. The topological polar surface area (TPSA) is 77.4 Å². The monoisotopic (exact) mass is 340 g/mol. The number of fused-ring (bicyclic) bond motifs is 1. The lowest BCUT2D eigenvalue weighted by Crippen LogP contribution is -2.44. The highest BCUT2D eigenvalue weighted by molar-refractivity contribution is 5.92. The van der Waals surface area contributed by atoms with E-state index in [-0.39, 0.29) is 24.2 Å². The molecule has 0 aromatic carbocycles. The van der Waals surface area contributed by atoms with E-state index in [9.17, 15) is 4.79 Å². The molecule has 2 aliphatic rings. The average molecular weight is 340 g/mol. The summed E-state index contributed by atoms with van der Waals surface area (Å²) in [6.45, 7) is 1.67. The van der Waals surface area contributed by atoms with Gasteiger partial charge in [-0.25, -0.2) is 4.98 Å². The fraction of sp³-hybridized carbons (Fsp3) is 0.444. The second kappa shape index (κ2) is 7.25. The van der Waals surface area contributed by atoms with E-state index in [0.29, 0.717) is 25.5 Å². The number of aromatic nitrogens is 3. The van der Waals surface area contributed by atoms with Crippen LogP contribution in [0.25, 0.3) is 0 Å². The van der Waals surface area contributed by atoms with E-state index in [4.69, 9.17) is 9.47 Å². The van der Waals surface area contributed by atoms with Gasteiger partial charge in [0.05, 0.1) is 25.4 Å². The van der Waals surface area contributed by atoms with E-state index in [1.165, 1.54) is 12.4 Å². The highest BCUT2D eigenvalue weighted by Gasteiger charge is 2.47. The molecule has 25 heavy (non-hydrogen) atoms. The van der Waals surface area contributed by atoms with Gasteiger partial charge in [0.2, 0.25) is 0 Å². The average Bonchev–Trinajstić information content (AvgIpc) is 3.06. The summed E-state index contributed by atoms with van der Waals surface area (Å²) in [6.07, 6.45) is 9.76. The Balaban J connectivity index is 1.48. The molecule has 2 saturated heterocycles. The molecule has 2 fully saturated rings. The minimum atomic E-state index is -0.147. The maximum Gasteiger partial charge on any atom is 0.274 e. The van der Waals surface area contributed by atoms with Gasteiger partial charge in [-0.1, -0.05) is 6.07 Å². The zero-order valence-electron chi connectivity index (χ0n) is 13.8. The lowest BCUT2D eigenvalue weighted by molar-refractivity contribution is -0.0810. The number of likely N-dealkylation sites (tertiary alicyclic amines) is 1. The SMILES string of the molecule is O=C(c1cnccn1)N1C[C@@H](OCc2cccnc2)[C@H]2OCCC[C@H]21. The summed E-state index contributed by atoms with van der Waals surface area (Å²) in [5.74, 6) is -0.110. The number of hydrogen-bond acceptors (Lipinski definition) is 6. The van der Waals surface area contributed by atoms with Gasteiger partial charge in [0.1, 0.15) is 17.9 Å². The van der Waals surface area contributed by atoms with Crippen LogP contribution in [0.4, 0.5) is 0 Å². The van der Waals surface area contributed by atoms with Crippen molar-refractivity contribution < 1.29 is 14.3 Å². The molecule has 0 spiro atoms. The van der Waals surface area contributed by atoms with Crippen molar-refractivity contribution in [2.24, 2.45) is 0 Å². The van der Waals surface area contributed by atoms with Crippen molar-refractivity contribution in [1.29, 1.82) is 0 Å². The van der Waals surface area contributed by atoms with Crippen molar-refractivity contribution in [3.05, 3.63) is 54.4 Å². The Labute approximate surface area is 146 Å². The van der Waals surface area contributed by atoms with Crippen LogP contribution < -0.4 is 0 Å². The quantitative estimate of drug-likeness (QED) is 0.839. The molecular weight excluding hydrogens is 320 g/mol. The van der Waals surface area contributed by atoms with Crippen LogP contribution in [-0.4, -0.2) is 57.2 Å². The number of pyridine rings is 1. The van der Waals surface area contributed by atoms with Crippen LogP contribution >= 0.6 is 0 Å². The van der Waals surface area contributed by atoms with Crippen LogP contribution in [0.5, 0.6) is 0 Å². The van der Waals surface area contributed by atoms with Crippen molar-refractivity contribution in [3.63, 3.8) is 0 Å². The third-order valence-electron chi connectivity index (χ3n) is 4.71. The van der Waals surface area contributed by atoms with Crippen molar-refractivity contribution >= 4 is 5.91 Å². The Morgan fingerprint density at radius 3 is 3.00 bits per heavy atom. The number of rotatable bonds is 4. The van der Waals surface area contributed by atoms with E-state index < -0.39 is 0 Å².